The second-order valence-electron chi connectivity index (χ2n) is 4.37. The summed E-state index contributed by atoms with van der Waals surface area (Å²) in [5, 5.41) is 9.73. The molecule has 0 saturated heterocycles. The first-order chi connectivity index (χ1) is 7.25. The zero-order valence-corrected chi connectivity index (χ0v) is 9.72. The minimum absolute atomic E-state index is 0.168. The maximum atomic E-state index is 11.3. The predicted molar refractivity (Wildman–Crippen MR) is 61.9 cm³/mol. The first-order valence-electron chi connectivity index (χ1n) is 6.20. The number of allylic oxidation sites excluding steroid dienone is 2. The van der Waals surface area contributed by atoms with Crippen LogP contribution in [0, 0.1) is 0 Å². The van der Waals surface area contributed by atoms with Crippen molar-refractivity contribution in [2.45, 2.75) is 64.7 Å². The van der Waals surface area contributed by atoms with Crippen molar-refractivity contribution in [3.8, 4) is 0 Å². The largest absolute Gasteiger partial charge is 0.512 e. The normalized spacial score (nSPS) is 19.7. The smallest absolute Gasteiger partial charge is 0.162 e. The molecule has 1 aliphatic carbocycles. The molecule has 0 unspecified atom stereocenters. The molecular weight excluding hydrogens is 188 g/mol. The minimum atomic E-state index is 0.168. The van der Waals surface area contributed by atoms with Gasteiger partial charge in [0.25, 0.3) is 0 Å². The number of aliphatic hydroxyl groups excluding tert-OH is 1. The summed E-state index contributed by atoms with van der Waals surface area (Å²) in [6.45, 7) is 2.19. The van der Waals surface area contributed by atoms with E-state index in [1.165, 1.54) is 25.7 Å². The molecule has 1 saturated carbocycles. The lowest BCUT2D eigenvalue weighted by Crippen LogP contribution is -1.97. The van der Waals surface area contributed by atoms with Gasteiger partial charge in [0, 0.05) is 18.4 Å². The van der Waals surface area contributed by atoms with Gasteiger partial charge in [0.1, 0.15) is 0 Å². The molecule has 1 rings (SSSR count). The Hall–Kier alpha value is -0.790. The van der Waals surface area contributed by atoms with Crippen LogP contribution in [0.5, 0.6) is 0 Å². The highest BCUT2D eigenvalue weighted by molar-refractivity contribution is 5.97. The van der Waals surface area contributed by atoms with Crippen LogP contribution in [0.15, 0.2) is 11.3 Å². The third-order valence-corrected chi connectivity index (χ3v) is 3.03. The fourth-order valence-corrected chi connectivity index (χ4v) is 2.07. The van der Waals surface area contributed by atoms with Crippen LogP contribution in [-0.2, 0) is 4.79 Å². The van der Waals surface area contributed by atoms with Gasteiger partial charge in [-0.3, -0.25) is 4.79 Å². The van der Waals surface area contributed by atoms with Crippen molar-refractivity contribution in [2.75, 3.05) is 0 Å². The van der Waals surface area contributed by atoms with E-state index in [1.807, 2.05) is 0 Å². The van der Waals surface area contributed by atoms with Crippen molar-refractivity contribution in [1.82, 2.24) is 0 Å². The van der Waals surface area contributed by atoms with E-state index in [9.17, 15) is 9.90 Å². The highest BCUT2D eigenvalue weighted by Gasteiger charge is 2.20. The third-order valence-electron chi connectivity index (χ3n) is 3.03. The molecule has 0 aromatic carbocycles. The van der Waals surface area contributed by atoms with Gasteiger partial charge >= 0.3 is 0 Å². The van der Waals surface area contributed by atoms with Crippen molar-refractivity contribution in [3.63, 3.8) is 0 Å². The number of unbranched alkanes of at least 4 members (excludes halogenated alkanes) is 4. The molecule has 0 aliphatic heterocycles. The molecule has 1 aliphatic rings. The van der Waals surface area contributed by atoms with E-state index >= 15 is 0 Å². The van der Waals surface area contributed by atoms with Gasteiger partial charge in [-0.15, -0.1) is 0 Å². The topological polar surface area (TPSA) is 37.3 Å². The van der Waals surface area contributed by atoms with Gasteiger partial charge in [0.05, 0.1) is 5.76 Å². The van der Waals surface area contributed by atoms with E-state index in [4.69, 9.17) is 0 Å². The van der Waals surface area contributed by atoms with E-state index in [0.29, 0.717) is 24.2 Å². The van der Waals surface area contributed by atoms with Gasteiger partial charge in [-0.05, 0) is 19.3 Å². The number of hydrogen-bond acceptors (Lipinski definition) is 2. The Morgan fingerprint density at radius 3 is 2.53 bits per heavy atom. The van der Waals surface area contributed by atoms with E-state index in [2.05, 4.69) is 6.92 Å². The van der Waals surface area contributed by atoms with E-state index in [-0.39, 0.29) is 5.78 Å². The molecule has 2 heteroatoms. The van der Waals surface area contributed by atoms with Crippen LogP contribution in [0.3, 0.4) is 0 Å². The summed E-state index contributed by atoms with van der Waals surface area (Å²) in [7, 11) is 0. The molecule has 0 aromatic heterocycles. The SMILES string of the molecule is CCCCCCCC(O)=C1CCCC1=O. The molecule has 2 nitrogen and oxygen atoms in total. The number of aliphatic hydroxyl groups is 1. The van der Waals surface area contributed by atoms with Crippen molar-refractivity contribution in [3.05, 3.63) is 11.3 Å². The average molecular weight is 210 g/mol. The zero-order chi connectivity index (χ0) is 11.1. The summed E-state index contributed by atoms with van der Waals surface area (Å²) in [6, 6.07) is 0. The fourth-order valence-electron chi connectivity index (χ4n) is 2.07. The summed E-state index contributed by atoms with van der Waals surface area (Å²) >= 11 is 0. The summed E-state index contributed by atoms with van der Waals surface area (Å²) in [5.41, 5.74) is 0.713. The number of carbonyl (C=O) groups excluding carboxylic acids is 1. The molecule has 86 valence electrons. The first kappa shape index (κ1) is 12.3. The molecule has 0 atom stereocenters. The maximum Gasteiger partial charge on any atom is 0.162 e. The molecule has 1 N–H and O–H groups in total. The Bertz CT molecular complexity index is 241. The third kappa shape index (κ3) is 4.06. The molecule has 0 heterocycles. The second kappa shape index (κ2) is 6.65. The predicted octanol–water partition coefficient (Wildman–Crippen LogP) is 3.91. The molecular formula is C13H22O2. The Morgan fingerprint density at radius 1 is 1.20 bits per heavy atom. The number of hydrogen-bond donors (Lipinski definition) is 1. The zero-order valence-electron chi connectivity index (χ0n) is 9.72. The second-order valence-corrected chi connectivity index (χ2v) is 4.37. The Balaban J connectivity index is 2.23. The van der Waals surface area contributed by atoms with Gasteiger partial charge in [0.2, 0.25) is 0 Å². The Kier molecular flexibility index (Phi) is 5.44. The standard InChI is InChI=1S/C13H22O2/c1-2-3-4-5-6-9-12(14)11-8-7-10-13(11)15/h14H,2-10H2,1H3. The van der Waals surface area contributed by atoms with Crippen LogP contribution in [-0.4, -0.2) is 10.9 Å². The highest BCUT2D eigenvalue weighted by atomic mass is 16.3. The van der Waals surface area contributed by atoms with E-state index in [0.717, 1.165) is 19.3 Å². The number of Topliss-reactive ketones (excluding diaryl/α,β-unsaturated/α-hetero) is 1. The first-order valence-corrected chi connectivity index (χ1v) is 6.20. The number of carbonyl (C=O) groups is 1. The van der Waals surface area contributed by atoms with Gasteiger partial charge < -0.3 is 5.11 Å². The molecule has 0 radical (unpaired) electrons. The van der Waals surface area contributed by atoms with Crippen LogP contribution in [0.4, 0.5) is 0 Å². The fraction of sp³-hybridized carbons (Fsp3) is 0.769. The van der Waals surface area contributed by atoms with Crippen LogP contribution in [0.1, 0.15) is 64.7 Å². The van der Waals surface area contributed by atoms with Crippen molar-refractivity contribution in [1.29, 1.82) is 0 Å². The lowest BCUT2D eigenvalue weighted by molar-refractivity contribution is -0.114. The van der Waals surface area contributed by atoms with Crippen LogP contribution >= 0.6 is 0 Å². The maximum absolute atomic E-state index is 11.3. The Labute approximate surface area is 92.4 Å². The van der Waals surface area contributed by atoms with E-state index < -0.39 is 0 Å². The molecule has 15 heavy (non-hydrogen) atoms. The molecule has 0 spiro atoms. The lowest BCUT2D eigenvalue weighted by atomic mass is 10.1. The quantitative estimate of drug-likeness (QED) is 0.410. The van der Waals surface area contributed by atoms with Gasteiger partial charge in [-0.1, -0.05) is 32.6 Å². The van der Waals surface area contributed by atoms with Crippen molar-refractivity contribution < 1.29 is 9.90 Å². The van der Waals surface area contributed by atoms with Gasteiger partial charge in [0.15, 0.2) is 5.78 Å². The lowest BCUT2D eigenvalue weighted by Gasteiger charge is -2.03. The molecule has 0 bridgehead atoms. The van der Waals surface area contributed by atoms with Crippen molar-refractivity contribution in [2.24, 2.45) is 0 Å². The summed E-state index contributed by atoms with van der Waals surface area (Å²) in [6.07, 6.45) is 8.99. The average Bonchev–Trinajstić information content (AvgIpc) is 2.64. The number of rotatable bonds is 6. The summed E-state index contributed by atoms with van der Waals surface area (Å²) < 4.78 is 0. The molecule has 1 fully saturated rings. The van der Waals surface area contributed by atoms with Gasteiger partial charge in [-0.2, -0.15) is 0 Å². The van der Waals surface area contributed by atoms with Crippen LogP contribution in [0.25, 0.3) is 0 Å². The monoisotopic (exact) mass is 210 g/mol. The summed E-state index contributed by atoms with van der Waals surface area (Å²) in [4.78, 5) is 11.3. The highest BCUT2D eigenvalue weighted by Crippen LogP contribution is 2.25. The van der Waals surface area contributed by atoms with Crippen LogP contribution < -0.4 is 0 Å². The molecule has 0 aromatic rings. The van der Waals surface area contributed by atoms with E-state index in [1.54, 1.807) is 0 Å². The Morgan fingerprint density at radius 2 is 1.93 bits per heavy atom. The van der Waals surface area contributed by atoms with Gasteiger partial charge in [-0.25, -0.2) is 0 Å². The van der Waals surface area contributed by atoms with Crippen LogP contribution in [0.2, 0.25) is 0 Å². The molecule has 0 amide bonds. The minimum Gasteiger partial charge on any atom is -0.512 e. The number of ketones is 1. The summed E-state index contributed by atoms with van der Waals surface area (Å²) in [5.74, 6) is 0.537. The van der Waals surface area contributed by atoms with Crippen molar-refractivity contribution >= 4 is 5.78 Å².